The molecule has 0 aromatic heterocycles. The van der Waals surface area contributed by atoms with Crippen LogP contribution >= 0.6 is 0 Å². The second kappa shape index (κ2) is 22.9. The lowest BCUT2D eigenvalue weighted by Gasteiger charge is -2.06. The van der Waals surface area contributed by atoms with Crippen molar-refractivity contribution in [2.75, 3.05) is 26.4 Å². The van der Waals surface area contributed by atoms with Crippen LogP contribution in [0.1, 0.15) is 110 Å². The van der Waals surface area contributed by atoms with Crippen molar-refractivity contribution in [2.24, 2.45) is 0 Å². The lowest BCUT2D eigenvalue weighted by molar-refractivity contribution is 0.0449. The molecule has 0 amide bonds. The van der Waals surface area contributed by atoms with Gasteiger partial charge >= 0.3 is 0 Å². The zero-order valence-electron chi connectivity index (χ0n) is 16.7. The Hall–Kier alpha value is -0.0800. The molecule has 0 N–H and O–H groups in total. The maximum atomic E-state index is 5.62. The minimum atomic E-state index is 0.765. The Morgan fingerprint density at radius 3 is 1.25 bits per heavy atom. The SMILES string of the molecule is [CH2]CCCCCCCCCCCCCOCCOCCCCCC. The lowest BCUT2D eigenvalue weighted by atomic mass is 10.1. The first kappa shape index (κ1) is 23.9. The van der Waals surface area contributed by atoms with Crippen molar-refractivity contribution in [1.82, 2.24) is 0 Å². The first-order valence-corrected chi connectivity index (χ1v) is 10.9. The van der Waals surface area contributed by atoms with Gasteiger partial charge in [-0.05, 0) is 12.8 Å². The first-order valence-electron chi connectivity index (χ1n) is 10.9. The molecule has 0 fully saturated rings. The molecule has 2 nitrogen and oxygen atoms in total. The summed E-state index contributed by atoms with van der Waals surface area (Å²) in [5.74, 6) is 0. The number of hydrogen-bond acceptors (Lipinski definition) is 2. The van der Waals surface area contributed by atoms with E-state index >= 15 is 0 Å². The Balaban J connectivity index is 2.93. The predicted octanol–water partition coefficient (Wildman–Crippen LogP) is 7.12. The summed E-state index contributed by atoms with van der Waals surface area (Å²) < 4.78 is 11.2. The molecule has 0 saturated carbocycles. The topological polar surface area (TPSA) is 18.5 Å². The lowest BCUT2D eigenvalue weighted by Crippen LogP contribution is -2.06. The molecule has 0 unspecified atom stereocenters. The van der Waals surface area contributed by atoms with E-state index in [9.17, 15) is 0 Å². The quantitative estimate of drug-likeness (QED) is 0.207. The number of rotatable bonds is 21. The largest absolute Gasteiger partial charge is 0.379 e. The highest BCUT2D eigenvalue weighted by molar-refractivity contribution is 4.49. The molecular formula is C22H45O2. The summed E-state index contributed by atoms with van der Waals surface area (Å²) in [6, 6.07) is 0. The van der Waals surface area contributed by atoms with Gasteiger partial charge in [0.2, 0.25) is 0 Å². The fourth-order valence-corrected chi connectivity index (χ4v) is 2.92. The van der Waals surface area contributed by atoms with E-state index in [1.165, 1.54) is 96.3 Å². The van der Waals surface area contributed by atoms with E-state index in [1.807, 2.05) is 0 Å². The zero-order valence-corrected chi connectivity index (χ0v) is 16.7. The Morgan fingerprint density at radius 1 is 0.458 bits per heavy atom. The minimum Gasteiger partial charge on any atom is -0.379 e. The normalized spacial score (nSPS) is 11.2. The van der Waals surface area contributed by atoms with Crippen LogP contribution in [0.2, 0.25) is 0 Å². The van der Waals surface area contributed by atoms with Crippen LogP contribution in [-0.2, 0) is 9.47 Å². The highest BCUT2D eigenvalue weighted by Crippen LogP contribution is 2.11. The van der Waals surface area contributed by atoms with Crippen molar-refractivity contribution in [3.8, 4) is 0 Å². The summed E-state index contributed by atoms with van der Waals surface area (Å²) in [4.78, 5) is 0. The molecule has 2 heteroatoms. The molecule has 0 atom stereocenters. The molecule has 0 aliphatic rings. The van der Waals surface area contributed by atoms with Gasteiger partial charge in [0.05, 0.1) is 13.2 Å². The Kier molecular flexibility index (Phi) is 22.8. The molecule has 0 saturated heterocycles. The summed E-state index contributed by atoms with van der Waals surface area (Å²) in [7, 11) is 0. The van der Waals surface area contributed by atoms with Gasteiger partial charge in [-0.1, -0.05) is 104 Å². The summed E-state index contributed by atoms with van der Waals surface area (Å²) in [6.07, 6.45) is 21.3. The van der Waals surface area contributed by atoms with Gasteiger partial charge < -0.3 is 9.47 Å². The Labute approximate surface area is 153 Å². The van der Waals surface area contributed by atoms with Crippen LogP contribution in [-0.4, -0.2) is 26.4 Å². The molecule has 0 aromatic carbocycles. The van der Waals surface area contributed by atoms with Crippen LogP contribution in [0.15, 0.2) is 0 Å². The summed E-state index contributed by atoms with van der Waals surface area (Å²) in [5.41, 5.74) is 0. The monoisotopic (exact) mass is 341 g/mol. The molecular weight excluding hydrogens is 296 g/mol. The zero-order chi connectivity index (χ0) is 17.6. The van der Waals surface area contributed by atoms with Crippen molar-refractivity contribution in [1.29, 1.82) is 0 Å². The molecule has 0 bridgehead atoms. The van der Waals surface area contributed by atoms with Crippen LogP contribution in [0.3, 0.4) is 0 Å². The Morgan fingerprint density at radius 2 is 0.833 bits per heavy atom. The third-order valence-corrected chi connectivity index (χ3v) is 4.55. The average molecular weight is 342 g/mol. The van der Waals surface area contributed by atoms with E-state index < -0.39 is 0 Å². The first-order chi connectivity index (χ1) is 11.9. The van der Waals surface area contributed by atoms with Crippen molar-refractivity contribution < 1.29 is 9.47 Å². The smallest absolute Gasteiger partial charge is 0.0700 e. The second-order valence-electron chi connectivity index (χ2n) is 7.03. The summed E-state index contributed by atoms with van der Waals surface area (Å²) in [5, 5.41) is 0. The highest BCUT2D eigenvalue weighted by Gasteiger charge is 1.94. The third kappa shape index (κ3) is 21.9. The number of hydrogen-bond donors (Lipinski definition) is 0. The standard InChI is InChI=1S/C22H45O2/c1-3-5-7-9-10-11-12-13-14-15-16-18-20-24-22-21-23-19-17-8-6-4-2/h1,3-22H2,2H3. The minimum absolute atomic E-state index is 0.765. The van der Waals surface area contributed by atoms with Gasteiger partial charge in [0.1, 0.15) is 0 Å². The second-order valence-corrected chi connectivity index (χ2v) is 7.03. The molecule has 24 heavy (non-hydrogen) atoms. The van der Waals surface area contributed by atoms with Gasteiger partial charge in [-0.2, -0.15) is 0 Å². The maximum Gasteiger partial charge on any atom is 0.0700 e. The molecule has 0 aliphatic carbocycles. The highest BCUT2D eigenvalue weighted by atomic mass is 16.5. The van der Waals surface area contributed by atoms with E-state index in [0.717, 1.165) is 32.8 Å². The van der Waals surface area contributed by atoms with Crippen LogP contribution in [0.4, 0.5) is 0 Å². The average Bonchev–Trinajstić information content (AvgIpc) is 2.60. The van der Waals surface area contributed by atoms with Crippen LogP contribution in [0.25, 0.3) is 0 Å². The predicted molar refractivity (Wildman–Crippen MR) is 107 cm³/mol. The fraction of sp³-hybridized carbons (Fsp3) is 0.955. The number of ether oxygens (including phenoxy) is 2. The maximum absolute atomic E-state index is 5.62. The van der Waals surface area contributed by atoms with E-state index in [-0.39, 0.29) is 0 Å². The fourth-order valence-electron chi connectivity index (χ4n) is 2.92. The van der Waals surface area contributed by atoms with Crippen molar-refractivity contribution >= 4 is 0 Å². The van der Waals surface area contributed by atoms with E-state index in [0.29, 0.717) is 0 Å². The van der Waals surface area contributed by atoms with Gasteiger partial charge in [-0.15, -0.1) is 0 Å². The molecule has 0 rings (SSSR count). The summed E-state index contributed by atoms with van der Waals surface area (Å²) >= 11 is 0. The van der Waals surface area contributed by atoms with Crippen molar-refractivity contribution in [2.45, 2.75) is 110 Å². The molecule has 1 radical (unpaired) electrons. The van der Waals surface area contributed by atoms with Gasteiger partial charge in [-0.3, -0.25) is 0 Å². The van der Waals surface area contributed by atoms with E-state index in [1.54, 1.807) is 0 Å². The van der Waals surface area contributed by atoms with Gasteiger partial charge in [0.15, 0.2) is 0 Å². The van der Waals surface area contributed by atoms with Crippen molar-refractivity contribution in [3.05, 3.63) is 6.92 Å². The molecule has 0 aliphatic heterocycles. The third-order valence-electron chi connectivity index (χ3n) is 4.55. The van der Waals surface area contributed by atoms with Gasteiger partial charge in [-0.25, -0.2) is 0 Å². The van der Waals surface area contributed by atoms with Crippen LogP contribution < -0.4 is 0 Å². The summed E-state index contributed by atoms with van der Waals surface area (Å²) in [6.45, 7) is 9.47. The van der Waals surface area contributed by atoms with E-state index in [4.69, 9.17) is 9.47 Å². The Bertz CT molecular complexity index is 184. The molecule has 0 heterocycles. The molecule has 0 spiro atoms. The van der Waals surface area contributed by atoms with Crippen LogP contribution in [0.5, 0.6) is 0 Å². The van der Waals surface area contributed by atoms with Gasteiger partial charge in [0, 0.05) is 13.2 Å². The number of unbranched alkanes of at least 4 members (excludes halogenated alkanes) is 14. The molecule has 145 valence electrons. The van der Waals surface area contributed by atoms with Gasteiger partial charge in [0.25, 0.3) is 0 Å². The van der Waals surface area contributed by atoms with Crippen molar-refractivity contribution in [3.63, 3.8) is 0 Å². The molecule has 0 aromatic rings. The van der Waals surface area contributed by atoms with Crippen LogP contribution in [0, 0.1) is 6.92 Å². The van der Waals surface area contributed by atoms with E-state index in [2.05, 4.69) is 13.8 Å².